The minimum Gasteiger partial charge on any atom is -0.397 e. The molecule has 148 valence electrons. The number of amides is 1. The molecule has 0 saturated carbocycles. The first-order valence-corrected chi connectivity index (χ1v) is 9.47. The lowest BCUT2D eigenvalue weighted by Crippen LogP contribution is -2.25. The summed E-state index contributed by atoms with van der Waals surface area (Å²) in [5.41, 5.74) is 9.47. The van der Waals surface area contributed by atoms with Crippen LogP contribution in [0.2, 0.25) is 0 Å². The van der Waals surface area contributed by atoms with Crippen LogP contribution in [0.5, 0.6) is 0 Å². The maximum Gasteiger partial charge on any atom is 0.269 e. The molecule has 0 aliphatic heterocycles. The number of carbonyl (C=O) groups excluding carboxylic acids is 1. The van der Waals surface area contributed by atoms with E-state index >= 15 is 0 Å². The molecule has 0 spiro atoms. The highest BCUT2D eigenvalue weighted by molar-refractivity contribution is 5.92. The molecule has 0 saturated heterocycles. The first-order valence-electron chi connectivity index (χ1n) is 9.47. The summed E-state index contributed by atoms with van der Waals surface area (Å²) in [4.78, 5) is 21.0. The average molecular weight is 397 g/mol. The Labute approximate surface area is 173 Å². The van der Waals surface area contributed by atoms with Crippen molar-refractivity contribution in [2.24, 2.45) is 0 Å². The smallest absolute Gasteiger partial charge is 0.269 e. The highest BCUT2D eigenvalue weighted by Crippen LogP contribution is 2.26. The zero-order valence-electron chi connectivity index (χ0n) is 16.1. The molecule has 0 fully saturated rings. The summed E-state index contributed by atoms with van der Waals surface area (Å²) in [6.07, 6.45) is 6.12. The van der Waals surface area contributed by atoms with Crippen molar-refractivity contribution in [2.45, 2.75) is 12.8 Å². The predicted molar refractivity (Wildman–Crippen MR) is 114 cm³/mol. The van der Waals surface area contributed by atoms with E-state index in [1.165, 1.54) is 0 Å². The van der Waals surface area contributed by atoms with Crippen LogP contribution in [0.3, 0.4) is 0 Å². The van der Waals surface area contributed by atoms with Crippen molar-refractivity contribution in [3.8, 4) is 23.0 Å². The fourth-order valence-corrected chi connectivity index (χ4v) is 3.12. The lowest BCUT2D eigenvalue weighted by atomic mass is 10.1. The third-order valence-corrected chi connectivity index (χ3v) is 4.60. The maximum atomic E-state index is 12.4. The van der Waals surface area contributed by atoms with Gasteiger partial charge in [0.2, 0.25) is 0 Å². The van der Waals surface area contributed by atoms with Crippen LogP contribution in [0.15, 0.2) is 61.1 Å². The summed E-state index contributed by atoms with van der Waals surface area (Å²) >= 11 is 0. The Morgan fingerprint density at radius 1 is 1.13 bits per heavy atom. The van der Waals surface area contributed by atoms with E-state index in [0.717, 1.165) is 22.0 Å². The zero-order chi connectivity index (χ0) is 20.9. The molecule has 3 N–H and O–H groups in total. The van der Waals surface area contributed by atoms with Crippen molar-refractivity contribution in [1.29, 1.82) is 5.26 Å². The van der Waals surface area contributed by atoms with Gasteiger partial charge in [0, 0.05) is 36.3 Å². The zero-order valence-corrected chi connectivity index (χ0v) is 16.1. The van der Waals surface area contributed by atoms with Gasteiger partial charge in [0.25, 0.3) is 5.91 Å². The Morgan fingerprint density at radius 3 is 2.87 bits per heavy atom. The van der Waals surface area contributed by atoms with Crippen molar-refractivity contribution in [1.82, 2.24) is 25.1 Å². The van der Waals surface area contributed by atoms with Crippen molar-refractivity contribution < 1.29 is 4.79 Å². The van der Waals surface area contributed by atoms with Gasteiger partial charge in [-0.05, 0) is 36.2 Å². The largest absolute Gasteiger partial charge is 0.397 e. The number of unbranched alkanes of at least 4 members (excludes halogenated alkanes) is 1. The van der Waals surface area contributed by atoms with Gasteiger partial charge in [0.1, 0.15) is 5.69 Å². The lowest BCUT2D eigenvalue weighted by Gasteiger charge is -2.08. The Hall–Kier alpha value is -4.25. The summed E-state index contributed by atoms with van der Waals surface area (Å²) in [6, 6.07) is 15.1. The van der Waals surface area contributed by atoms with Crippen LogP contribution in [0, 0.1) is 11.3 Å². The van der Waals surface area contributed by atoms with E-state index in [1.54, 1.807) is 41.5 Å². The Kier molecular flexibility index (Phi) is 5.35. The molecule has 0 atom stereocenters. The number of benzene rings is 1. The number of nitriles is 1. The van der Waals surface area contributed by atoms with Crippen LogP contribution >= 0.6 is 0 Å². The van der Waals surface area contributed by atoms with E-state index in [9.17, 15) is 4.79 Å². The van der Waals surface area contributed by atoms with Crippen LogP contribution in [-0.4, -0.2) is 32.2 Å². The van der Waals surface area contributed by atoms with Crippen molar-refractivity contribution in [3.05, 3.63) is 66.7 Å². The van der Waals surface area contributed by atoms with Gasteiger partial charge in [-0.15, -0.1) is 0 Å². The number of nitrogen functional groups attached to an aromatic ring is 1. The topological polar surface area (TPSA) is 123 Å². The van der Waals surface area contributed by atoms with Crippen molar-refractivity contribution in [3.63, 3.8) is 0 Å². The Balaban J connectivity index is 1.66. The monoisotopic (exact) mass is 397 g/mol. The fourth-order valence-electron chi connectivity index (χ4n) is 3.12. The molecular weight excluding hydrogens is 378 g/mol. The number of carbonyl (C=O) groups is 1. The van der Waals surface area contributed by atoms with E-state index in [2.05, 4.69) is 26.5 Å². The first kappa shape index (κ1) is 19.1. The molecule has 4 aromatic rings. The maximum absolute atomic E-state index is 12.4. The first-order chi connectivity index (χ1) is 14.7. The lowest BCUT2D eigenvalue weighted by molar-refractivity contribution is 0.0948. The molecule has 4 rings (SSSR count). The Bertz CT molecular complexity index is 1260. The third kappa shape index (κ3) is 3.95. The van der Waals surface area contributed by atoms with Crippen LogP contribution in [-0.2, 0) is 0 Å². The minimum atomic E-state index is -0.280. The molecule has 0 aliphatic rings. The van der Waals surface area contributed by atoms with E-state index < -0.39 is 0 Å². The van der Waals surface area contributed by atoms with Gasteiger partial charge >= 0.3 is 0 Å². The molecule has 0 bridgehead atoms. The number of nitrogens with two attached hydrogens (primary N) is 1. The molecule has 8 heteroatoms. The van der Waals surface area contributed by atoms with Gasteiger partial charge in [-0.2, -0.15) is 10.4 Å². The summed E-state index contributed by atoms with van der Waals surface area (Å²) in [5, 5.41) is 16.8. The van der Waals surface area contributed by atoms with Crippen LogP contribution in [0.1, 0.15) is 23.3 Å². The average Bonchev–Trinajstić information content (AvgIpc) is 3.20. The molecule has 3 aromatic heterocycles. The molecule has 3 heterocycles. The molecule has 8 nitrogen and oxygen atoms in total. The predicted octanol–water partition coefficient (Wildman–Crippen LogP) is 3.10. The molecule has 1 aromatic carbocycles. The molecule has 1 amide bonds. The summed E-state index contributed by atoms with van der Waals surface area (Å²) in [7, 11) is 0. The van der Waals surface area contributed by atoms with Gasteiger partial charge in [-0.25, -0.2) is 9.67 Å². The van der Waals surface area contributed by atoms with Gasteiger partial charge in [0.15, 0.2) is 5.82 Å². The SMILES string of the molecule is N#CCCCNC(=O)c1cccc(-n2ncc3ccc(-c4cncc(N)c4)cc32)n1. The summed E-state index contributed by atoms with van der Waals surface area (Å²) in [6.45, 7) is 0.431. The van der Waals surface area contributed by atoms with E-state index in [0.29, 0.717) is 36.6 Å². The van der Waals surface area contributed by atoms with Crippen molar-refractivity contribution in [2.75, 3.05) is 12.3 Å². The molecule has 0 unspecified atom stereocenters. The molecule has 0 radical (unpaired) electrons. The molecular formula is C22H19N7O. The second-order valence-electron chi connectivity index (χ2n) is 6.74. The highest BCUT2D eigenvalue weighted by atomic mass is 16.1. The van der Waals surface area contributed by atoms with Crippen LogP contribution < -0.4 is 11.1 Å². The number of rotatable bonds is 6. The summed E-state index contributed by atoms with van der Waals surface area (Å²) in [5.74, 6) is 0.260. The van der Waals surface area contributed by atoms with Gasteiger partial charge in [-0.1, -0.05) is 18.2 Å². The fraction of sp³-hybridized carbons (Fsp3) is 0.136. The number of nitrogens with zero attached hydrogens (tertiary/aromatic N) is 5. The number of hydrogen-bond acceptors (Lipinski definition) is 6. The second-order valence-corrected chi connectivity index (χ2v) is 6.74. The standard InChI is InChI=1S/C22H19N7O/c23-8-1-2-9-26-22(30)19-4-3-5-21(28-19)29-20-11-15(6-7-16(20)13-27-29)17-10-18(24)14-25-12-17/h3-7,10-14H,1-2,9,24H2,(H,26,30). The minimum absolute atomic E-state index is 0.280. The highest BCUT2D eigenvalue weighted by Gasteiger charge is 2.12. The Morgan fingerprint density at radius 2 is 2.03 bits per heavy atom. The van der Waals surface area contributed by atoms with Gasteiger partial charge in [-0.3, -0.25) is 9.78 Å². The number of aromatic nitrogens is 4. The number of fused-ring (bicyclic) bond motifs is 1. The van der Waals surface area contributed by atoms with Gasteiger partial charge < -0.3 is 11.1 Å². The van der Waals surface area contributed by atoms with Crippen molar-refractivity contribution >= 4 is 22.5 Å². The van der Waals surface area contributed by atoms with Crippen LogP contribution in [0.25, 0.3) is 27.8 Å². The summed E-state index contributed by atoms with van der Waals surface area (Å²) < 4.78 is 1.70. The van der Waals surface area contributed by atoms with E-state index in [-0.39, 0.29) is 5.91 Å². The molecule has 0 aliphatic carbocycles. The van der Waals surface area contributed by atoms with E-state index in [1.807, 2.05) is 24.3 Å². The van der Waals surface area contributed by atoms with Gasteiger partial charge in [0.05, 0.1) is 23.5 Å². The van der Waals surface area contributed by atoms with Crippen LogP contribution in [0.4, 0.5) is 5.69 Å². The number of hydrogen-bond donors (Lipinski definition) is 2. The number of anilines is 1. The number of pyridine rings is 2. The quantitative estimate of drug-likeness (QED) is 0.482. The third-order valence-electron chi connectivity index (χ3n) is 4.60. The normalized spacial score (nSPS) is 10.6. The van der Waals surface area contributed by atoms with E-state index in [4.69, 9.17) is 11.0 Å². The number of nitrogens with one attached hydrogen (secondary N) is 1. The second kappa shape index (κ2) is 8.41. The molecule has 30 heavy (non-hydrogen) atoms.